The summed E-state index contributed by atoms with van der Waals surface area (Å²) < 4.78 is 16.2. The maximum absolute atomic E-state index is 14.2. The number of aryl methyl sites for hydroxylation is 1. The normalized spacial score (nSPS) is 11.0. The second-order valence-corrected chi connectivity index (χ2v) is 8.07. The topological polar surface area (TPSA) is 30.7 Å². The Morgan fingerprint density at radius 3 is 2.41 bits per heavy atom. The van der Waals surface area contributed by atoms with Gasteiger partial charge in [-0.3, -0.25) is 4.57 Å². The lowest BCUT2D eigenvalue weighted by atomic mass is 10.1. The van der Waals surface area contributed by atoms with E-state index in [9.17, 15) is 4.39 Å². The maximum Gasteiger partial charge on any atom is 0.196 e. The molecule has 0 amide bonds. The van der Waals surface area contributed by atoms with E-state index in [1.54, 1.807) is 12.1 Å². The second kappa shape index (κ2) is 8.80. The van der Waals surface area contributed by atoms with Crippen molar-refractivity contribution in [1.82, 2.24) is 14.8 Å². The van der Waals surface area contributed by atoms with Gasteiger partial charge in [-0.2, -0.15) is 0 Å². The molecule has 0 atom stereocenters. The van der Waals surface area contributed by atoms with E-state index < -0.39 is 0 Å². The van der Waals surface area contributed by atoms with Gasteiger partial charge in [-0.1, -0.05) is 77.5 Å². The van der Waals surface area contributed by atoms with Gasteiger partial charge in [0, 0.05) is 28.4 Å². The molecular formula is C23H19ClFN3S. The van der Waals surface area contributed by atoms with E-state index in [1.807, 2.05) is 34.9 Å². The number of hydrogen-bond donors (Lipinski definition) is 0. The third kappa shape index (κ3) is 4.52. The predicted molar refractivity (Wildman–Crippen MR) is 116 cm³/mol. The number of halogens is 2. The lowest BCUT2D eigenvalue weighted by molar-refractivity contribution is 0.617. The molecule has 4 aromatic rings. The van der Waals surface area contributed by atoms with Gasteiger partial charge in [0.15, 0.2) is 5.16 Å². The van der Waals surface area contributed by atoms with Crippen LogP contribution in [0.15, 0.2) is 78.0 Å². The summed E-state index contributed by atoms with van der Waals surface area (Å²) in [5, 5.41) is 9.96. The van der Waals surface area contributed by atoms with Crippen molar-refractivity contribution >= 4 is 23.4 Å². The highest BCUT2D eigenvalue weighted by molar-refractivity contribution is 7.98. The van der Waals surface area contributed by atoms with Gasteiger partial charge in [0.05, 0.1) is 0 Å². The van der Waals surface area contributed by atoms with E-state index in [0.717, 1.165) is 17.1 Å². The van der Waals surface area contributed by atoms with Crippen LogP contribution in [0.2, 0.25) is 5.02 Å². The van der Waals surface area contributed by atoms with E-state index in [-0.39, 0.29) is 5.82 Å². The Labute approximate surface area is 178 Å². The van der Waals surface area contributed by atoms with E-state index >= 15 is 0 Å². The van der Waals surface area contributed by atoms with Gasteiger partial charge in [0.2, 0.25) is 0 Å². The van der Waals surface area contributed by atoms with Crippen molar-refractivity contribution in [3.63, 3.8) is 0 Å². The van der Waals surface area contributed by atoms with Crippen molar-refractivity contribution in [2.45, 2.75) is 24.3 Å². The van der Waals surface area contributed by atoms with E-state index in [4.69, 9.17) is 11.6 Å². The molecule has 0 unspecified atom stereocenters. The summed E-state index contributed by atoms with van der Waals surface area (Å²) in [6.07, 6.45) is 0.655. The molecular weight excluding hydrogens is 405 g/mol. The van der Waals surface area contributed by atoms with Crippen LogP contribution < -0.4 is 0 Å². The van der Waals surface area contributed by atoms with Crippen molar-refractivity contribution in [3.8, 4) is 5.69 Å². The molecule has 0 fully saturated rings. The number of nitrogens with zero attached hydrogens (tertiary/aromatic N) is 3. The number of hydrogen-bond acceptors (Lipinski definition) is 3. The molecule has 3 nitrogen and oxygen atoms in total. The van der Waals surface area contributed by atoms with Crippen LogP contribution in [0.5, 0.6) is 0 Å². The molecule has 146 valence electrons. The maximum atomic E-state index is 14.2. The van der Waals surface area contributed by atoms with E-state index in [0.29, 0.717) is 27.9 Å². The molecule has 1 aromatic heterocycles. The van der Waals surface area contributed by atoms with Crippen LogP contribution in [0.25, 0.3) is 5.69 Å². The minimum absolute atomic E-state index is 0.309. The van der Waals surface area contributed by atoms with Crippen LogP contribution in [0, 0.1) is 12.7 Å². The monoisotopic (exact) mass is 423 g/mol. The van der Waals surface area contributed by atoms with Crippen molar-refractivity contribution in [3.05, 3.63) is 106 Å². The smallest absolute Gasteiger partial charge is 0.196 e. The molecule has 4 rings (SSSR count). The van der Waals surface area contributed by atoms with E-state index in [1.165, 1.54) is 23.4 Å². The Morgan fingerprint density at radius 1 is 0.931 bits per heavy atom. The van der Waals surface area contributed by atoms with Gasteiger partial charge >= 0.3 is 0 Å². The molecule has 0 saturated carbocycles. The summed E-state index contributed by atoms with van der Waals surface area (Å²) in [6.45, 7) is 2.05. The molecule has 0 aliphatic rings. The average molecular weight is 424 g/mol. The van der Waals surface area contributed by atoms with Crippen LogP contribution in [-0.4, -0.2) is 14.8 Å². The predicted octanol–water partition coefficient (Wildman–Crippen LogP) is 6.25. The van der Waals surface area contributed by atoms with Crippen LogP contribution in [-0.2, 0) is 12.2 Å². The molecule has 29 heavy (non-hydrogen) atoms. The zero-order chi connectivity index (χ0) is 20.2. The number of aromatic nitrogens is 3. The van der Waals surface area contributed by atoms with Gasteiger partial charge in [0.25, 0.3) is 0 Å². The Kier molecular flexibility index (Phi) is 5.97. The first-order valence-electron chi connectivity index (χ1n) is 9.23. The zero-order valence-corrected chi connectivity index (χ0v) is 17.4. The lowest BCUT2D eigenvalue weighted by Gasteiger charge is -2.11. The molecule has 3 aromatic carbocycles. The summed E-state index contributed by atoms with van der Waals surface area (Å²) >= 11 is 7.61. The van der Waals surface area contributed by atoms with Crippen LogP contribution >= 0.6 is 23.4 Å². The Balaban J connectivity index is 1.68. The van der Waals surface area contributed by atoms with Crippen molar-refractivity contribution in [2.75, 3.05) is 0 Å². The molecule has 0 radical (unpaired) electrons. The first-order chi connectivity index (χ1) is 14.1. The highest BCUT2D eigenvalue weighted by Gasteiger charge is 2.17. The molecule has 0 saturated heterocycles. The first kappa shape index (κ1) is 19.7. The quantitative estimate of drug-likeness (QED) is 0.343. The minimum Gasteiger partial charge on any atom is -0.274 e. The second-order valence-electron chi connectivity index (χ2n) is 6.72. The van der Waals surface area contributed by atoms with E-state index in [2.05, 4.69) is 41.4 Å². The Bertz CT molecular complexity index is 1090. The molecule has 6 heteroatoms. The molecule has 1 heterocycles. The van der Waals surface area contributed by atoms with Gasteiger partial charge in [-0.05, 0) is 36.8 Å². The Hall–Kier alpha value is -2.63. The SMILES string of the molecule is Cc1ccc(-n2c(Cc3ccccc3)nnc2SCc2c(F)cccc2Cl)cc1. The van der Waals surface area contributed by atoms with Gasteiger partial charge in [-0.15, -0.1) is 10.2 Å². The highest BCUT2D eigenvalue weighted by Crippen LogP contribution is 2.30. The molecule has 0 spiro atoms. The summed E-state index contributed by atoms with van der Waals surface area (Å²) in [6, 6.07) is 23.1. The third-order valence-electron chi connectivity index (χ3n) is 4.60. The minimum atomic E-state index is -0.309. The number of benzene rings is 3. The summed E-state index contributed by atoms with van der Waals surface area (Å²) in [4.78, 5) is 0. The van der Waals surface area contributed by atoms with Crippen molar-refractivity contribution in [1.29, 1.82) is 0 Å². The van der Waals surface area contributed by atoms with Gasteiger partial charge < -0.3 is 0 Å². The highest BCUT2D eigenvalue weighted by atomic mass is 35.5. The van der Waals surface area contributed by atoms with Crippen molar-refractivity contribution < 1.29 is 4.39 Å². The fraction of sp³-hybridized carbons (Fsp3) is 0.130. The third-order valence-corrected chi connectivity index (χ3v) is 5.91. The molecule has 0 bridgehead atoms. The lowest BCUT2D eigenvalue weighted by Crippen LogP contribution is -2.04. The average Bonchev–Trinajstić information content (AvgIpc) is 3.11. The standard InChI is InChI=1S/C23H19ClFN3S/c1-16-10-12-18(13-11-16)28-22(14-17-6-3-2-4-7-17)26-27-23(28)29-15-19-20(24)8-5-9-21(19)25/h2-13H,14-15H2,1H3. The van der Waals surface area contributed by atoms with Crippen LogP contribution in [0.4, 0.5) is 4.39 Å². The van der Waals surface area contributed by atoms with Gasteiger partial charge in [-0.25, -0.2) is 4.39 Å². The molecule has 0 aliphatic heterocycles. The van der Waals surface area contributed by atoms with Crippen molar-refractivity contribution in [2.24, 2.45) is 0 Å². The number of rotatable bonds is 6. The molecule has 0 aliphatic carbocycles. The summed E-state index contributed by atoms with van der Waals surface area (Å²) in [5.41, 5.74) is 3.79. The van der Waals surface area contributed by atoms with Crippen LogP contribution in [0.3, 0.4) is 0 Å². The fourth-order valence-corrected chi connectivity index (χ4v) is 4.36. The number of thioether (sulfide) groups is 1. The zero-order valence-electron chi connectivity index (χ0n) is 15.8. The summed E-state index contributed by atoms with van der Waals surface area (Å²) in [7, 11) is 0. The molecule has 0 N–H and O–H groups in total. The Morgan fingerprint density at radius 2 is 1.69 bits per heavy atom. The largest absolute Gasteiger partial charge is 0.274 e. The van der Waals surface area contributed by atoms with Crippen LogP contribution in [0.1, 0.15) is 22.5 Å². The first-order valence-corrected chi connectivity index (χ1v) is 10.6. The fourth-order valence-electron chi connectivity index (χ4n) is 3.05. The summed E-state index contributed by atoms with van der Waals surface area (Å²) in [5.74, 6) is 0.902. The van der Waals surface area contributed by atoms with Gasteiger partial charge in [0.1, 0.15) is 11.6 Å².